The number of sulfone groups is 1. The maximum atomic E-state index is 13.3. The van der Waals surface area contributed by atoms with Crippen LogP contribution in [0, 0.1) is 11.3 Å². The predicted molar refractivity (Wildman–Crippen MR) is 122 cm³/mol. The number of fused-ring (bicyclic) bond motifs is 1. The molecule has 0 amide bonds. The molecule has 3 heterocycles. The highest BCUT2D eigenvalue weighted by molar-refractivity contribution is 7.90. The highest BCUT2D eigenvalue weighted by Gasteiger charge is 2.63. The van der Waals surface area contributed by atoms with Crippen molar-refractivity contribution in [3.8, 4) is 17.0 Å². The van der Waals surface area contributed by atoms with Crippen LogP contribution < -0.4 is 4.74 Å². The van der Waals surface area contributed by atoms with Gasteiger partial charge < -0.3 is 9.64 Å². The minimum Gasteiger partial charge on any atom is -0.485 e. The van der Waals surface area contributed by atoms with Gasteiger partial charge in [0.2, 0.25) is 0 Å². The fraction of sp³-hybridized carbons (Fsp3) is 0.560. The Kier molecular flexibility index (Phi) is 5.52. The molecule has 2 fully saturated rings. The monoisotopic (exact) mass is 494 g/mol. The van der Waals surface area contributed by atoms with Gasteiger partial charge in [-0.25, -0.2) is 8.42 Å². The summed E-state index contributed by atoms with van der Waals surface area (Å²) in [6.07, 6.45) is 1.63. The van der Waals surface area contributed by atoms with Gasteiger partial charge in [0.15, 0.2) is 9.84 Å². The average Bonchev–Trinajstić information content (AvgIpc) is 3.48. The van der Waals surface area contributed by atoms with Gasteiger partial charge >= 0.3 is 6.18 Å². The van der Waals surface area contributed by atoms with Crippen molar-refractivity contribution >= 4 is 9.84 Å². The van der Waals surface area contributed by atoms with E-state index in [4.69, 9.17) is 4.74 Å². The van der Waals surface area contributed by atoms with Crippen LogP contribution in [0.4, 0.5) is 13.2 Å². The molecular formula is C25H29F3N2O3S. The zero-order valence-corrected chi connectivity index (χ0v) is 20.2. The minimum atomic E-state index is -4.11. The molecule has 1 aromatic heterocycles. The molecule has 34 heavy (non-hydrogen) atoms. The van der Waals surface area contributed by atoms with Crippen LogP contribution in [0.1, 0.15) is 38.2 Å². The normalized spacial score (nSPS) is 25.1. The van der Waals surface area contributed by atoms with Gasteiger partial charge in [0.05, 0.1) is 22.2 Å². The van der Waals surface area contributed by atoms with Crippen molar-refractivity contribution in [1.82, 2.24) is 9.88 Å². The lowest BCUT2D eigenvalue weighted by molar-refractivity contribution is -0.193. The van der Waals surface area contributed by atoms with Crippen molar-refractivity contribution in [1.29, 1.82) is 0 Å². The van der Waals surface area contributed by atoms with Gasteiger partial charge in [0.1, 0.15) is 11.4 Å². The van der Waals surface area contributed by atoms with E-state index in [2.05, 4.69) is 11.9 Å². The number of halogens is 3. The molecule has 3 aliphatic rings. The molecule has 0 bridgehead atoms. The largest absolute Gasteiger partial charge is 0.485 e. The summed E-state index contributed by atoms with van der Waals surface area (Å²) < 4.78 is 69.8. The topological polar surface area (TPSA) is 59.5 Å². The molecule has 5 rings (SSSR count). The summed E-state index contributed by atoms with van der Waals surface area (Å²) in [4.78, 5) is 6.76. The molecule has 5 nitrogen and oxygen atoms in total. The van der Waals surface area contributed by atoms with Gasteiger partial charge in [-0.05, 0) is 63.9 Å². The predicted octanol–water partition coefficient (Wildman–Crippen LogP) is 4.90. The highest BCUT2D eigenvalue weighted by atomic mass is 32.2. The Balaban J connectivity index is 1.24. The molecule has 2 aliphatic heterocycles. The number of hydrogen-bond donors (Lipinski definition) is 0. The number of aromatic nitrogens is 1. The van der Waals surface area contributed by atoms with Crippen molar-refractivity contribution in [3.05, 3.63) is 42.1 Å². The zero-order chi connectivity index (χ0) is 24.4. The third kappa shape index (κ3) is 4.33. The molecule has 9 heteroatoms. The standard InChI is InChI=1S/C25H29F3N2O3S/c1-23(19-7-11-30(12-8-19)16-24(9-10-24)25(26,27)28)14-18-13-21(29-15-22(18)33-23)17-3-5-20(6-4-17)34(2,31)32/h3-6,13,15,19H,7-12,14,16H2,1-2H3/t23-/m1/s1. The molecular weight excluding hydrogens is 465 g/mol. The minimum absolute atomic E-state index is 0.117. The van der Waals surface area contributed by atoms with Gasteiger partial charge in [-0.2, -0.15) is 13.2 Å². The second-order valence-corrected chi connectivity index (χ2v) is 12.4. The number of alkyl halides is 3. The lowest BCUT2D eigenvalue weighted by atomic mass is 9.79. The fourth-order valence-electron chi connectivity index (χ4n) is 5.45. The maximum Gasteiger partial charge on any atom is 0.395 e. The zero-order valence-electron chi connectivity index (χ0n) is 19.4. The molecule has 0 N–H and O–H groups in total. The molecule has 0 spiro atoms. The van der Waals surface area contributed by atoms with Crippen LogP contribution in [0.25, 0.3) is 11.3 Å². The van der Waals surface area contributed by atoms with E-state index in [1.165, 1.54) is 6.26 Å². The van der Waals surface area contributed by atoms with E-state index < -0.39 is 27.0 Å². The van der Waals surface area contributed by atoms with E-state index >= 15 is 0 Å². The molecule has 184 valence electrons. The van der Waals surface area contributed by atoms with Crippen molar-refractivity contribution < 1.29 is 26.3 Å². The molecule has 0 unspecified atom stereocenters. The van der Waals surface area contributed by atoms with E-state index in [9.17, 15) is 21.6 Å². The van der Waals surface area contributed by atoms with Crippen LogP contribution in [0.2, 0.25) is 0 Å². The summed E-state index contributed by atoms with van der Waals surface area (Å²) in [6, 6.07) is 8.66. The number of benzene rings is 1. The van der Waals surface area contributed by atoms with E-state index in [-0.39, 0.29) is 30.2 Å². The quantitative estimate of drug-likeness (QED) is 0.592. The number of ether oxygens (including phenoxy) is 1. The van der Waals surface area contributed by atoms with Crippen molar-refractivity contribution in [2.75, 3.05) is 25.9 Å². The second kappa shape index (κ2) is 7.95. The van der Waals surface area contributed by atoms with Gasteiger partial charge in [-0.1, -0.05) is 12.1 Å². The summed E-state index contributed by atoms with van der Waals surface area (Å²) in [5, 5.41) is 0. The number of likely N-dealkylation sites (tertiary alicyclic amines) is 1. The fourth-order valence-corrected chi connectivity index (χ4v) is 6.08. The second-order valence-electron chi connectivity index (χ2n) is 10.4. The Labute approximate surface area is 198 Å². The summed E-state index contributed by atoms with van der Waals surface area (Å²) in [7, 11) is -3.26. The first-order valence-corrected chi connectivity index (χ1v) is 13.6. The Morgan fingerprint density at radius 2 is 1.79 bits per heavy atom. The van der Waals surface area contributed by atoms with Crippen molar-refractivity contribution in [2.45, 2.75) is 55.7 Å². The van der Waals surface area contributed by atoms with Crippen LogP contribution in [-0.2, 0) is 16.3 Å². The Morgan fingerprint density at radius 1 is 1.15 bits per heavy atom. The van der Waals surface area contributed by atoms with Crippen LogP contribution in [0.5, 0.6) is 5.75 Å². The molecule has 1 atom stereocenters. The summed E-state index contributed by atoms with van der Waals surface area (Å²) in [6.45, 7) is 3.53. The highest BCUT2D eigenvalue weighted by Crippen LogP contribution is 2.58. The smallest absolute Gasteiger partial charge is 0.395 e. The maximum absolute atomic E-state index is 13.3. The lowest BCUT2D eigenvalue weighted by Gasteiger charge is -2.41. The SMILES string of the molecule is C[C@]1(C2CCN(CC3(C(F)(F)F)CC3)CC2)Cc2cc(-c3ccc(S(C)(=O)=O)cc3)ncc2O1. The Hall–Kier alpha value is -2.13. The van der Waals surface area contributed by atoms with E-state index in [0.29, 0.717) is 13.1 Å². The van der Waals surface area contributed by atoms with Crippen LogP contribution >= 0.6 is 0 Å². The summed E-state index contributed by atoms with van der Waals surface area (Å²) in [5.74, 6) is 1.00. The lowest BCUT2D eigenvalue weighted by Crippen LogP contribution is -2.48. The average molecular weight is 495 g/mol. The van der Waals surface area contributed by atoms with Gasteiger partial charge in [-0.3, -0.25) is 4.98 Å². The van der Waals surface area contributed by atoms with Gasteiger partial charge in [-0.15, -0.1) is 0 Å². The van der Waals surface area contributed by atoms with E-state index in [1.54, 1.807) is 30.5 Å². The summed E-state index contributed by atoms with van der Waals surface area (Å²) in [5.41, 5.74) is 0.747. The van der Waals surface area contributed by atoms with Crippen LogP contribution in [-0.4, -0.2) is 56.0 Å². The number of piperidine rings is 1. The third-order valence-corrected chi connectivity index (χ3v) is 8.97. The molecule has 1 aliphatic carbocycles. The first kappa shape index (κ1) is 23.6. The molecule has 1 saturated carbocycles. The molecule has 1 saturated heterocycles. The number of rotatable bonds is 5. The number of hydrogen-bond acceptors (Lipinski definition) is 5. The first-order chi connectivity index (χ1) is 15.9. The van der Waals surface area contributed by atoms with Crippen molar-refractivity contribution in [2.24, 2.45) is 11.3 Å². The molecule has 0 radical (unpaired) electrons. The van der Waals surface area contributed by atoms with Gasteiger partial charge in [0.25, 0.3) is 0 Å². The van der Waals surface area contributed by atoms with Gasteiger partial charge in [0, 0.05) is 36.3 Å². The Bertz CT molecular complexity index is 1180. The van der Waals surface area contributed by atoms with E-state index in [1.807, 2.05) is 11.0 Å². The number of pyridine rings is 1. The third-order valence-electron chi connectivity index (χ3n) is 7.84. The van der Waals surface area contributed by atoms with E-state index in [0.717, 1.165) is 41.8 Å². The number of nitrogens with zero attached hydrogens (tertiary/aromatic N) is 2. The summed E-state index contributed by atoms with van der Waals surface area (Å²) >= 11 is 0. The van der Waals surface area contributed by atoms with Crippen LogP contribution in [0.3, 0.4) is 0 Å². The Morgan fingerprint density at radius 3 is 2.35 bits per heavy atom. The van der Waals surface area contributed by atoms with Crippen LogP contribution in [0.15, 0.2) is 41.4 Å². The van der Waals surface area contributed by atoms with Crippen molar-refractivity contribution in [3.63, 3.8) is 0 Å². The first-order valence-electron chi connectivity index (χ1n) is 11.7. The molecule has 1 aromatic carbocycles. The molecule has 2 aromatic rings.